The molecule has 2 aromatic rings. The number of nitrogens with one attached hydrogen (secondary N) is 1. The molecule has 21 heavy (non-hydrogen) atoms. The molecular formula is C16H15BrClNO2. The number of halogens is 2. The molecule has 110 valence electrons. The fourth-order valence-electron chi connectivity index (χ4n) is 2.19. The smallest absolute Gasteiger partial charge is 0.179 e. The Morgan fingerprint density at radius 2 is 2.00 bits per heavy atom. The van der Waals surface area contributed by atoms with Crippen molar-refractivity contribution in [1.82, 2.24) is 0 Å². The summed E-state index contributed by atoms with van der Waals surface area (Å²) >= 11 is 9.75. The number of anilines is 1. The van der Waals surface area contributed by atoms with Crippen LogP contribution in [0.3, 0.4) is 0 Å². The first-order chi connectivity index (χ1) is 10.2. The van der Waals surface area contributed by atoms with Crippen LogP contribution in [0.15, 0.2) is 40.9 Å². The lowest BCUT2D eigenvalue weighted by atomic mass is 10.2. The van der Waals surface area contributed by atoms with Gasteiger partial charge in [-0.15, -0.1) is 0 Å². The Bertz CT molecular complexity index is 648. The van der Waals surface area contributed by atoms with Gasteiger partial charge in [0.15, 0.2) is 11.5 Å². The second-order valence-corrected chi connectivity index (χ2v) is 6.14. The van der Waals surface area contributed by atoms with Gasteiger partial charge in [-0.25, -0.2) is 0 Å². The fraction of sp³-hybridized carbons (Fsp3) is 0.250. The molecule has 0 saturated heterocycles. The molecule has 3 rings (SSSR count). The van der Waals surface area contributed by atoms with Gasteiger partial charge in [-0.1, -0.05) is 33.6 Å². The normalized spacial score (nSPS) is 13.6. The van der Waals surface area contributed by atoms with Crippen molar-refractivity contribution in [2.75, 3.05) is 18.5 Å². The fourth-order valence-corrected chi connectivity index (χ4v) is 2.88. The van der Waals surface area contributed by atoms with E-state index in [0.29, 0.717) is 30.5 Å². The van der Waals surface area contributed by atoms with E-state index < -0.39 is 0 Å². The van der Waals surface area contributed by atoms with Crippen LogP contribution in [0, 0.1) is 0 Å². The Morgan fingerprint density at radius 1 is 1.14 bits per heavy atom. The zero-order valence-electron chi connectivity index (χ0n) is 11.4. The molecule has 0 spiro atoms. The number of rotatable bonds is 3. The molecule has 1 aliphatic rings. The zero-order valence-corrected chi connectivity index (χ0v) is 13.7. The lowest BCUT2D eigenvalue weighted by Crippen LogP contribution is -2.01. The summed E-state index contributed by atoms with van der Waals surface area (Å²) in [4.78, 5) is 0. The number of hydrogen-bond acceptors (Lipinski definition) is 3. The number of hydrogen-bond donors (Lipinski definition) is 1. The van der Waals surface area contributed by atoms with Gasteiger partial charge in [0.2, 0.25) is 0 Å². The van der Waals surface area contributed by atoms with Crippen molar-refractivity contribution in [1.29, 1.82) is 0 Å². The largest absolute Gasteiger partial charge is 0.489 e. The third-order valence-electron chi connectivity index (χ3n) is 3.18. The minimum absolute atomic E-state index is 0.598. The van der Waals surface area contributed by atoms with E-state index in [1.807, 2.05) is 36.4 Å². The second-order valence-electron chi connectivity index (χ2n) is 4.82. The van der Waals surface area contributed by atoms with E-state index in [9.17, 15) is 0 Å². The zero-order chi connectivity index (χ0) is 14.7. The lowest BCUT2D eigenvalue weighted by molar-refractivity contribution is 0.297. The van der Waals surface area contributed by atoms with Gasteiger partial charge >= 0.3 is 0 Å². The lowest BCUT2D eigenvalue weighted by Gasteiger charge is -2.12. The summed E-state index contributed by atoms with van der Waals surface area (Å²) in [5.74, 6) is 1.38. The first-order valence-electron chi connectivity index (χ1n) is 6.80. The van der Waals surface area contributed by atoms with Gasteiger partial charge in [-0.3, -0.25) is 0 Å². The van der Waals surface area contributed by atoms with Crippen LogP contribution in [0.1, 0.15) is 12.0 Å². The topological polar surface area (TPSA) is 30.5 Å². The predicted molar refractivity (Wildman–Crippen MR) is 88.5 cm³/mol. The average molecular weight is 369 g/mol. The van der Waals surface area contributed by atoms with E-state index in [1.54, 1.807) is 0 Å². The molecule has 0 atom stereocenters. The maximum absolute atomic E-state index is 6.29. The van der Waals surface area contributed by atoms with Gasteiger partial charge in [0, 0.05) is 23.1 Å². The number of ether oxygens (including phenoxy) is 2. The van der Waals surface area contributed by atoms with E-state index in [2.05, 4.69) is 21.2 Å². The molecule has 0 radical (unpaired) electrons. The van der Waals surface area contributed by atoms with Crippen molar-refractivity contribution in [3.63, 3.8) is 0 Å². The van der Waals surface area contributed by atoms with Crippen LogP contribution in [0.4, 0.5) is 5.69 Å². The molecule has 0 unspecified atom stereocenters. The highest BCUT2D eigenvalue weighted by atomic mass is 79.9. The van der Waals surface area contributed by atoms with Crippen molar-refractivity contribution in [3.05, 3.63) is 51.5 Å². The maximum Gasteiger partial charge on any atom is 0.179 e. The molecule has 1 aliphatic heterocycles. The first kappa shape index (κ1) is 14.5. The summed E-state index contributed by atoms with van der Waals surface area (Å²) in [7, 11) is 0. The average Bonchev–Trinajstić information content (AvgIpc) is 2.71. The SMILES string of the molecule is Clc1cc(CNc2cccc(Br)c2)cc2c1OCCCO2. The Balaban J connectivity index is 1.77. The van der Waals surface area contributed by atoms with Gasteiger partial charge in [0.1, 0.15) is 0 Å². The molecule has 0 aliphatic carbocycles. The molecule has 0 fully saturated rings. The van der Waals surface area contributed by atoms with Crippen LogP contribution in [0.25, 0.3) is 0 Å². The van der Waals surface area contributed by atoms with Crippen molar-refractivity contribution in [3.8, 4) is 11.5 Å². The molecule has 1 N–H and O–H groups in total. The van der Waals surface area contributed by atoms with Crippen molar-refractivity contribution in [2.45, 2.75) is 13.0 Å². The van der Waals surface area contributed by atoms with Crippen LogP contribution in [-0.2, 0) is 6.54 Å². The monoisotopic (exact) mass is 367 g/mol. The molecular weight excluding hydrogens is 354 g/mol. The van der Waals surface area contributed by atoms with Crippen LogP contribution >= 0.6 is 27.5 Å². The second kappa shape index (κ2) is 6.58. The van der Waals surface area contributed by atoms with Gasteiger partial charge < -0.3 is 14.8 Å². The Labute approximate surface area is 137 Å². The third kappa shape index (κ3) is 3.63. The molecule has 0 saturated carbocycles. The Kier molecular flexibility index (Phi) is 4.56. The highest BCUT2D eigenvalue weighted by molar-refractivity contribution is 9.10. The van der Waals surface area contributed by atoms with Crippen LogP contribution in [-0.4, -0.2) is 13.2 Å². The number of fused-ring (bicyclic) bond motifs is 1. The Morgan fingerprint density at radius 3 is 2.86 bits per heavy atom. The minimum atomic E-state index is 0.598. The highest BCUT2D eigenvalue weighted by Crippen LogP contribution is 2.38. The molecule has 2 aromatic carbocycles. The standard InChI is InChI=1S/C16H15BrClNO2/c17-12-3-1-4-13(9-12)19-10-11-7-14(18)16-15(8-11)20-5-2-6-21-16/h1,3-4,7-9,19H,2,5-6,10H2. The summed E-state index contributed by atoms with van der Waals surface area (Å²) in [6, 6.07) is 11.9. The predicted octanol–water partition coefficient (Wildman–Crippen LogP) is 4.88. The Hall–Kier alpha value is -1.39. The molecule has 1 heterocycles. The van der Waals surface area contributed by atoms with Crippen molar-refractivity contribution in [2.24, 2.45) is 0 Å². The van der Waals surface area contributed by atoms with Crippen molar-refractivity contribution >= 4 is 33.2 Å². The van der Waals surface area contributed by atoms with Gasteiger partial charge in [0.05, 0.1) is 18.2 Å². The minimum Gasteiger partial charge on any atom is -0.489 e. The van der Waals surface area contributed by atoms with E-state index in [0.717, 1.165) is 27.9 Å². The van der Waals surface area contributed by atoms with Crippen molar-refractivity contribution < 1.29 is 9.47 Å². The highest BCUT2D eigenvalue weighted by Gasteiger charge is 2.15. The summed E-state index contributed by atoms with van der Waals surface area (Å²) < 4.78 is 12.4. The summed E-state index contributed by atoms with van der Waals surface area (Å²) in [5, 5.41) is 3.96. The quantitative estimate of drug-likeness (QED) is 0.838. The molecule has 5 heteroatoms. The van der Waals surface area contributed by atoms with E-state index in [4.69, 9.17) is 21.1 Å². The molecule has 0 aromatic heterocycles. The first-order valence-corrected chi connectivity index (χ1v) is 7.97. The van der Waals surface area contributed by atoms with Crippen LogP contribution in [0.5, 0.6) is 11.5 Å². The molecule has 0 amide bonds. The summed E-state index contributed by atoms with van der Waals surface area (Å²) in [6.07, 6.45) is 0.872. The van der Waals surface area contributed by atoms with Gasteiger partial charge in [-0.05, 0) is 35.9 Å². The third-order valence-corrected chi connectivity index (χ3v) is 3.96. The molecule has 3 nitrogen and oxygen atoms in total. The van der Waals surface area contributed by atoms with Gasteiger partial charge in [0.25, 0.3) is 0 Å². The van der Waals surface area contributed by atoms with E-state index in [1.165, 1.54) is 0 Å². The van der Waals surface area contributed by atoms with E-state index >= 15 is 0 Å². The maximum atomic E-state index is 6.29. The summed E-state index contributed by atoms with van der Waals surface area (Å²) in [5.41, 5.74) is 2.11. The van der Waals surface area contributed by atoms with Crippen LogP contribution < -0.4 is 14.8 Å². The summed E-state index contributed by atoms with van der Waals surface area (Å²) in [6.45, 7) is 1.97. The molecule has 0 bridgehead atoms. The number of benzene rings is 2. The van der Waals surface area contributed by atoms with Crippen LogP contribution in [0.2, 0.25) is 5.02 Å². The van der Waals surface area contributed by atoms with Gasteiger partial charge in [-0.2, -0.15) is 0 Å². The van der Waals surface area contributed by atoms with E-state index in [-0.39, 0.29) is 0 Å².